The number of piperidine rings is 1. The Morgan fingerprint density at radius 3 is 2.61 bits per heavy atom. The second-order valence-electron chi connectivity index (χ2n) is 4.33. The molecule has 0 aliphatic carbocycles. The molecule has 18 heavy (non-hydrogen) atoms. The summed E-state index contributed by atoms with van der Waals surface area (Å²) >= 11 is 5.88. The molecule has 0 spiro atoms. The highest BCUT2D eigenvalue weighted by atomic mass is 35.5. The summed E-state index contributed by atoms with van der Waals surface area (Å²) in [7, 11) is 0. The molecule has 6 heteroatoms. The number of benzene rings is 1. The number of carbonyl (C=O) groups is 1. The molecular formula is C12H13ClN2O3. The first-order valence-electron chi connectivity index (χ1n) is 5.76. The van der Waals surface area contributed by atoms with Gasteiger partial charge in [-0.1, -0.05) is 17.7 Å². The number of nitrogens with zero attached hydrogens (tertiary/aromatic N) is 2. The molecule has 96 valence electrons. The largest absolute Gasteiger partial charge is 0.366 e. The molecule has 0 saturated carbocycles. The van der Waals surface area contributed by atoms with Crippen LogP contribution in [0.3, 0.4) is 0 Å². The topological polar surface area (TPSA) is 63.5 Å². The molecule has 1 heterocycles. The standard InChI is InChI=1S/C12H13ClN2O3/c13-10-2-1-3-11(12(10)15(17)18)14-6-4-9(8-16)5-7-14/h1-3,8-9H,4-7H2. The zero-order valence-corrected chi connectivity index (χ0v) is 10.5. The molecule has 2 rings (SSSR count). The highest BCUT2D eigenvalue weighted by Crippen LogP contribution is 2.36. The van der Waals surface area contributed by atoms with Gasteiger partial charge in [-0.15, -0.1) is 0 Å². The van der Waals surface area contributed by atoms with Crippen LogP contribution in [-0.2, 0) is 4.79 Å². The molecule has 0 atom stereocenters. The summed E-state index contributed by atoms with van der Waals surface area (Å²) < 4.78 is 0. The molecule has 0 bridgehead atoms. The summed E-state index contributed by atoms with van der Waals surface area (Å²) in [5.41, 5.74) is 0.487. The lowest BCUT2D eigenvalue weighted by molar-refractivity contribution is -0.384. The van der Waals surface area contributed by atoms with Crippen molar-refractivity contribution in [2.45, 2.75) is 12.8 Å². The van der Waals surface area contributed by atoms with Crippen molar-refractivity contribution in [3.8, 4) is 0 Å². The highest BCUT2D eigenvalue weighted by Gasteiger charge is 2.26. The Morgan fingerprint density at radius 1 is 1.39 bits per heavy atom. The Labute approximate surface area is 109 Å². The quantitative estimate of drug-likeness (QED) is 0.480. The summed E-state index contributed by atoms with van der Waals surface area (Å²) in [6.07, 6.45) is 2.42. The zero-order valence-electron chi connectivity index (χ0n) is 9.71. The number of rotatable bonds is 3. The van der Waals surface area contributed by atoms with E-state index in [9.17, 15) is 14.9 Å². The number of hydrogen-bond donors (Lipinski definition) is 0. The van der Waals surface area contributed by atoms with E-state index in [0.717, 1.165) is 19.1 Å². The molecule has 0 N–H and O–H groups in total. The van der Waals surface area contributed by atoms with Gasteiger partial charge in [0.25, 0.3) is 0 Å². The van der Waals surface area contributed by atoms with Crippen LogP contribution in [0.5, 0.6) is 0 Å². The van der Waals surface area contributed by atoms with E-state index >= 15 is 0 Å². The van der Waals surface area contributed by atoms with Crippen molar-refractivity contribution < 1.29 is 9.72 Å². The van der Waals surface area contributed by atoms with E-state index in [1.807, 2.05) is 4.90 Å². The Kier molecular flexibility index (Phi) is 3.81. The molecule has 0 unspecified atom stereocenters. The maximum absolute atomic E-state index is 11.0. The smallest absolute Gasteiger partial charge is 0.310 e. The molecular weight excluding hydrogens is 256 g/mol. The van der Waals surface area contributed by atoms with Gasteiger partial charge in [0.1, 0.15) is 17.0 Å². The van der Waals surface area contributed by atoms with Gasteiger partial charge in [-0.05, 0) is 25.0 Å². The summed E-state index contributed by atoms with van der Waals surface area (Å²) in [5, 5.41) is 11.2. The minimum atomic E-state index is -0.455. The van der Waals surface area contributed by atoms with E-state index in [1.165, 1.54) is 6.07 Å². The van der Waals surface area contributed by atoms with Crippen LogP contribution < -0.4 is 4.90 Å². The molecule has 0 radical (unpaired) electrons. The number of anilines is 1. The summed E-state index contributed by atoms with van der Waals surface area (Å²) in [6.45, 7) is 1.29. The number of halogens is 1. The summed E-state index contributed by atoms with van der Waals surface area (Å²) in [5.74, 6) is 0.0690. The van der Waals surface area contributed by atoms with Crippen LogP contribution in [0, 0.1) is 16.0 Å². The van der Waals surface area contributed by atoms with Gasteiger partial charge in [-0.3, -0.25) is 10.1 Å². The first kappa shape index (κ1) is 12.8. The fourth-order valence-corrected chi connectivity index (χ4v) is 2.45. The zero-order chi connectivity index (χ0) is 13.1. The van der Waals surface area contributed by atoms with Crippen LogP contribution >= 0.6 is 11.6 Å². The number of nitro benzene ring substituents is 1. The monoisotopic (exact) mass is 268 g/mol. The van der Waals surface area contributed by atoms with E-state index in [4.69, 9.17) is 11.6 Å². The first-order chi connectivity index (χ1) is 8.63. The minimum absolute atomic E-state index is 0.0521. The van der Waals surface area contributed by atoms with Crippen molar-refractivity contribution in [1.29, 1.82) is 0 Å². The molecule has 1 saturated heterocycles. The van der Waals surface area contributed by atoms with Gasteiger partial charge in [-0.25, -0.2) is 0 Å². The molecule has 1 aliphatic heterocycles. The van der Waals surface area contributed by atoms with Crippen LogP contribution in [0.1, 0.15) is 12.8 Å². The van der Waals surface area contributed by atoms with E-state index < -0.39 is 4.92 Å². The maximum Gasteiger partial charge on any atom is 0.310 e. The van der Waals surface area contributed by atoms with Crippen molar-refractivity contribution in [2.75, 3.05) is 18.0 Å². The lowest BCUT2D eigenvalue weighted by Crippen LogP contribution is -2.34. The fourth-order valence-electron chi connectivity index (χ4n) is 2.22. The number of hydrogen-bond acceptors (Lipinski definition) is 4. The van der Waals surface area contributed by atoms with Crippen molar-refractivity contribution in [1.82, 2.24) is 0 Å². The average Bonchev–Trinajstić information content (AvgIpc) is 2.38. The van der Waals surface area contributed by atoms with Crippen LogP contribution in [0.4, 0.5) is 11.4 Å². The Morgan fingerprint density at radius 2 is 2.06 bits per heavy atom. The maximum atomic E-state index is 11.0. The van der Waals surface area contributed by atoms with Crippen LogP contribution in [0.15, 0.2) is 18.2 Å². The Bertz CT molecular complexity index is 470. The highest BCUT2D eigenvalue weighted by molar-refractivity contribution is 6.33. The Balaban J connectivity index is 2.26. The van der Waals surface area contributed by atoms with Gasteiger partial charge < -0.3 is 9.69 Å². The molecule has 0 amide bonds. The minimum Gasteiger partial charge on any atom is -0.366 e. The number of aldehydes is 1. The van der Waals surface area contributed by atoms with E-state index in [1.54, 1.807) is 12.1 Å². The molecule has 0 aromatic heterocycles. The lowest BCUT2D eigenvalue weighted by atomic mass is 9.98. The van der Waals surface area contributed by atoms with Crippen LogP contribution in [0.25, 0.3) is 0 Å². The third-order valence-electron chi connectivity index (χ3n) is 3.22. The average molecular weight is 269 g/mol. The van der Waals surface area contributed by atoms with Crippen molar-refractivity contribution in [3.05, 3.63) is 33.3 Å². The number of para-hydroxylation sites is 1. The second kappa shape index (κ2) is 5.35. The van der Waals surface area contributed by atoms with Crippen molar-refractivity contribution in [3.63, 3.8) is 0 Å². The predicted octanol–water partition coefficient (Wildman–Crippen LogP) is 2.66. The van der Waals surface area contributed by atoms with Gasteiger partial charge in [-0.2, -0.15) is 0 Å². The third kappa shape index (κ3) is 2.46. The number of nitro groups is 1. The molecule has 1 aromatic rings. The summed E-state index contributed by atoms with van der Waals surface area (Å²) in [6, 6.07) is 4.92. The summed E-state index contributed by atoms with van der Waals surface area (Å²) in [4.78, 5) is 23.2. The molecule has 1 aromatic carbocycles. The third-order valence-corrected chi connectivity index (χ3v) is 3.53. The Hall–Kier alpha value is -1.62. The van der Waals surface area contributed by atoms with Crippen LogP contribution in [0.2, 0.25) is 5.02 Å². The first-order valence-corrected chi connectivity index (χ1v) is 6.14. The van der Waals surface area contributed by atoms with Crippen molar-refractivity contribution >= 4 is 29.3 Å². The van der Waals surface area contributed by atoms with Gasteiger partial charge in [0, 0.05) is 19.0 Å². The second-order valence-corrected chi connectivity index (χ2v) is 4.73. The SMILES string of the molecule is O=CC1CCN(c2cccc(Cl)c2[N+](=O)[O-])CC1. The van der Waals surface area contributed by atoms with Gasteiger partial charge in [0.2, 0.25) is 0 Å². The molecule has 5 nitrogen and oxygen atoms in total. The number of carbonyl (C=O) groups excluding carboxylic acids is 1. The van der Waals surface area contributed by atoms with E-state index in [0.29, 0.717) is 18.8 Å². The van der Waals surface area contributed by atoms with Gasteiger partial charge in [0.05, 0.1) is 4.92 Å². The normalized spacial score (nSPS) is 16.6. The predicted molar refractivity (Wildman–Crippen MR) is 69.1 cm³/mol. The molecule has 1 aliphatic rings. The van der Waals surface area contributed by atoms with Gasteiger partial charge >= 0.3 is 5.69 Å². The van der Waals surface area contributed by atoms with Gasteiger partial charge in [0.15, 0.2) is 0 Å². The van der Waals surface area contributed by atoms with E-state index in [2.05, 4.69) is 0 Å². The fraction of sp³-hybridized carbons (Fsp3) is 0.417. The van der Waals surface area contributed by atoms with Crippen LogP contribution in [-0.4, -0.2) is 24.3 Å². The van der Waals surface area contributed by atoms with Crippen molar-refractivity contribution in [2.24, 2.45) is 5.92 Å². The lowest BCUT2D eigenvalue weighted by Gasteiger charge is -2.31. The van der Waals surface area contributed by atoms with E-state index in [-0.39, 0.29) is 16.6 Å². The molecule has 1 fully saturated rings.